The second-order valence-electron chi connectivity index (χ2n) is 8.59. The first kappa shape index (κ1) is 22.5. The number of carbonyl (C=O) groups is 1. The molecule has 162 valence electrons. The van der Waals surface area contributed by atoms with Gasteiger partial charge >= 0.3 is 0 Å². The Labute approximate surface area is 180 Å². The average molecular weight is 412 g/mol. The molecular formula is C25H37N3O2+2. The highest BCUT2D eigenvalue weighted by Gasteiger charge is 2.20. The van der Waals surface area contributed by atoms with Gasteiger partial charge in [0, 0.05) is 22.7 Å². The van der Waals surface area contributed by atoms with E-state index in [1.54, 1.807) is 4.90 Å². The molecule has 1 fully saturated rings. The molecule has 3 rings (SSSR count). The molecule has 1 aliphatic rings. The normalized spacial score (nSPS) is 15.9. The summed E-state index contributed by atoms with van der Waals surface area (Å²) in [7, 11) is 0. The van der Waals surface area contributed by atoms with Crippen molar-refractivity contribution in [1.29, 1.82) is 0 Å². The van der Waals surface area contributed by atoms with Gasteiger partial charge in [-0.3, -0.25) is 4.79 Å². The maximum atomic E-state index is 12.5. The van der Waals surface area contributed by atoms with Gasteiger partial charge in [0.2, 0.25) is 0 Å². The first-order chi connectivity index (χ1) is 14.5. The number of amides is 1. The Morgan fingerprint density at radius 3 is 2.27 bits per heavy atom. The SMILES string of the molecule is CCc1ccc([C@@H]([NH2+]CC(=O)Nc2ccc(C[NH+]3CCOCC3)cc2)C(C)C)cc1. The van der Waals surface area contributed by atoms with Crippen molar-refractivity contribution in [3.05, 3.63) is 65.2 Å². The quantitative estimate of drug-likeness (QED) is 0.587. The molecule has 2 aromatic rings. The number of ether oxygens (including phenoxy) is 1. The molecule has 5 nitrogen and oxygen atoms in total. The Morgan fingerprint density at radius 2 is 1.67 bits per heavy atom. The van der Waals surface area contributed by atoms with Crippen LogP contribution in [0.1, 0.15) is 43.5 Å². The summed E-state index contributed by atoms with van der Waals surface area (Å²) in [6, 6.07) is 17.3. The van der Waals surface area contributed by atoms with Crippen LogP contribution in [0.25, 0.3) is 0 Å². The van der Waals surface area contributed by atoms with E-state index in [-0.39, 0.29) is 11.9 Å². The van der Waals surface area contributed by atoms with Gasteiger partial charge in [-0.2, -0.15) is 0 Å². The lowest BCUT2D eigenvalue weighted by atomic mass is 9.95. The topological polar surface area (TPSA) is 59.4 Å². The number of hydrogen-bond acceptors (Lipinski definition) is 2. The summed E-state index contributed by atoms with van der Waals surface area (Å²) in [6.45, 7) is 11.8. The molecule has 0 spiro atoms. The summed E-state index contributed by atoms with van der Waals surface area (Å²) < 4.78 is 5.42. The number of anilines is 1. The van der Waals surface area contributed by atoms with Gasteiger partial charge in [0.05, 0.1) is 13.2 Å². The highest BCUT2D eigenvalue weighted by atomic mass is 16.5. The standard InChI is InChI=1S/C25H35N3O2/c1-4-20-5-9-22(10-6-20)25(19(2)3)26-17-24(29)27-23-11-7-21(8-12-23)18-28-13-15-30-16-14-28/h5-12,19,25-26H,4,13-18H2,1-3H3,(H,27,29)/p+2/t25-/m0/s1. The van der Waals surface area contributed by atoms with Crippen LogP contribution < -0.4 is 15.5 Å². The van der Waals surface area contributed by atoms with Crippen molar-refractivity contribution in [2.24, 2.45) is 5.92 Å². The van der Waals surface area contributed by atoms with E-state index in [1.165, 1.54) is 16.7 Å². The molecule has 0 saturated carbocycles. The zero-order valence-electron chi connectivity index (χ0n) is 18.6. The van der Waals surface area contributed by atoms with E-state index >= 15 is 0 Å². The number of quaternary nitrogens is 2. The van der Waals surface area contributed by atoms with Crippen molar-refractivity contribution in [3.63, 3.8) is 0 Å². The van der Waals surface area contributed by atoms with Crippen molar-refractivity contribution in [2.45, 2.75) is 39.8 Å². The predicted octanol–water partition coefficient (Wildman–Crippen LogP) is 1.56. The fraction of sp³-hybridized carbons (Fsp3) is 0.480. The van der Waals surface area contributed by atoms with Crippen molar-refractivity contribution >= 4 is 11.6 Å². The van der Waals surface area contributed by atoms with Crippen molar-refractivity contribution in [1.82, 2.24) is 0 Å². The van der Waals surface area contributed by atoms with Gasteiger partial charge in [-0.05, 0) is 24.1 Å². The number of rotatable bonds is 9. The zero-order chi connectivity index (χ0) is 21.3. The lowest BCUT2D eigenvalue weighted by Crippen LogP contribution is -3.12. The van der Waals surface area contributed by atoms with E-state index in [0.717, 1.165) is 45.0 Å². The molecule has 1 atom stereocenters. The Morgan fingerprint density at radius 1 is 1.03 bits per heavy atom. The molecular weight excluding hydrogens is 374 g/mol. The predicted molar refractivity (Wildman–Crippen MR) is 120 cm³/mol. The van der Waals surface area contributed by atoms with E-state index in [1.807, 2.05) is 12.1 Å². The smallest absolute Gasteiger partial charge is 0.279 e. The van der Waals surface area contributed by atoms with E-state index in [2.05, 4.69) is 67.8 Å². The second kappa shape index (κ2) is 11.3. The molecule has 0 aliphatic carbocycles. The first-order valence-corrected chi connectivity index (χ1v) is 11.3. The van der Waals surface area contributed by atoms with E-state index in [9.17, 15) is 4.79 Å². The second-order valence-corrected chi connectivity index (χ2v) is 8.59. The molecule has 0 aromatic heterocycles. The Hall–Kier alpha value is -2.21. The van der Waals surface area contributed by atoms with Crippen LogP contribution in [0.4, 0.5) is 5.69 Å². The third-order valence-electron chi connectivity index (χ3n) is 5.94. The summed E-state index contributed by atoms with van der Waals surface area (Å²) in [5.41, 5.74) is 4.79. The Kier molecular flexibility index (Phi) is 8.43. The molecule has 1 heterocycles. The summed E-state index contributed by atoms with van der Waals surface area (Å²) >= 11 is 0. The van der Waals surface area contributed by atoms with Crippen LogP contribution >= 0.6 is 0 Å². The van der Waals surface area contributed by atoms with E-state index in [0.29, 0.717) is 12.5 Å². The number of aryl methyl sites for hydroxylation is 1. The first-order valence-electron chi connectivity index (χ1n) is 11.3. The lowest BCUT2D eigenvalue weighted by molar-refractivity contribution is -0.921. The monoisotopic (exact) mass is 411 g/mol. The number of morpholine rings is 1. The Bertz CT molecular complexity index is 781. The third-order valence-corrected chi connectivity index (χ3v) is 5.94. The third kappa shape index (κ3) is 6.66. The van der Waals surface area contributed by atoms with Crippen LogP contribution in [-0.4, -0.2) is 38.8 Å². The summed E-state index contributed by atoms with van der Waals surface area (Å²) in [5, 5.41) is 5.19. The molecule has 30 heavy (non-hydrogen) atoms. The number of nitrogens with two attached hydrogens (primary N) is 1. The van der Waals surface area contributed by atoms with Gasteiger partial charge in [0.1, 0.15) is 25.7 Å². The zero-order valence-corrected chi connectivity index (χ0v) is 18.6. The fourth-order valence-corrected chi connectivity index (χ4v) is 4.05. The Balaban J connectivity index is 1.49. The van der Waals surface area contributed by atoms with Gasteiger partial charge in [-0.25, -0.2) is 0 Å². The van der Waals surface area contributed by atoms with E-state index in [4.69, 9.17) is 4.74 Å². The van der Waals surface area contributed by atoms with Crippen molar-refractivity contribution in [3.8, 4) is 0 Å². The number of carbonyl (C=O) groups excluding carboxylic acids is 1. The van der Waals surface area contributed by atoms with Crippen LogP contribution in [-0.2, 0) is 22.5 Å². The van der Waals surface area contributed by atoms with Crippen LogP contribution in [0.5, 0.6) is 0 Å². The highest BCUT2D eigenvalue weighted by Crippen LogP contribution is 2.18. The van der Waals surface area contributed by atoms with Crippen molar-refractivity contribution < 1.29 is 19.7 Å². The molecule has 0 bridgehead atoms. The van der Waals surface area contributed by atoms with Gasteiger partial charge in [0.25, 0.3) is 5.91 Å². The van der Waals surface area contributed by atoms with Gasteiger partial charge in [0.15, 0.2) is 6.54 Å². The average Bonchev–Trinajstić information content (AvgIpc) is 2.76. The summed E-state index contributed by atoms with van der Waals surface area (Å²) in [4.78, 5) is 14.1. The maximum absolute atomic E-state index is 12.5. The van der Waals surface area contributed by atoms with Gasteiger partial charge < -0.3 is 20.3 Å². The maximum Gasteiger partial charge on any atom is 0.279 e. The minimum atomic E-state index is 0.0392. The molecule has 4 N–H and O–H groups in total. The van der Waals surface area contributed by atoms with E-state index < -0.39 is 0 Å². The molecule has 0 unspecified atom stereocenters. The van der Waals surface area contributed by atoms with Crippen molar-refractivity contribution in [2.75, 3.05) is 38.2 Å². The molecule has 1 amide bonds. The number of hydrogen-bond donors (Lipinski definition) is 3. The van der Waals surface area contributed by atoms with Crippen LogP contribution in [0, 0.1) is 5.92 Å². The van der Waals surface area contributed by atoms with Crippen LogP contribution in [0.2, 0.25) is 0 Å². The minimum absolute atomic E-state index is 0.0392. The highest BCUT2D eigenvalue weighted by molar-refractivity contribution is 5.91. The number of nitrogens with one attached hydrogen (secondary N) is 2. The molecule has 2 aromatic carbocycles. The van der Waals surface area contributed by atoms with Gasteiger partial charge in [-0.15, -0.1) is 0 Å². The van der Waals surface area contributed by atoms with Gasteiger partial charge in [-0.1, -0.05) is 57.2 Å². The molecule has 1 saturated heterocycles. The fourth-order valence-electron chi connectivity index (χ4n) is 4.05. The summed E-state index contributed by atoms with van der Waals surface area (Å²) in [5.74, 6) is 0.490. The summed E-state index contributed by atoms with van der Waals surface area (Å²) in [6.07, 6.45) is 1.05. The molecule has 0 radical (unpaired) electrons. The minimum Gasteiger partial charge on any atom is -0.370 e. The largest absolute Gasteiger partial charge is 0.370 e. The molecule has 1 aliphatic heterocycles. The van der Waals surface area contributed by atoms with Crippen LogP contribution in [0.15, 0.2) is 48.5 Å². The molecule has 5 heteroatoms. The van der Waals surface area contributed by atoms with Crippen LogP contribution in [0.3, 0.4) is 0 Å². The number of benzene rings is 2. The lowest BCUT2D eigenvalue weighted by Gasteiger charge is -2.23.